The van der Waals surface area contributed by atoms with Crippen LogP contribution in [0.4, 0.5) is 0 Å². The molecule has 1 heterocycles. The molecule has 1 aliphatic heterocycles. The highest BCUT2D eigenvalue weighted by molar-refractivity contribution is 7.86. The number of hydrogen-bond donors (Lipinski definition) is 0. The van der Waals surface area contributed by atoms with Crippen LogP contribution in [0.15, 0.2) is 48.2 Å². The third-order valence-corrected chi connectivity index (χ3v) is 3.78. The van der Waals surface area contributed by atoms with Crippen LogP contribution in [-0.4, -0.2) is 27.6 Å². The monoisotopic (exact) mass is 346 g/mol. The van der Waals surface area contributed by atoms with Crippen LogP contribution in [0.3, 0.4) is 0 Å². The third kappa shape index (κ3) is 3.41. The highest BCUT2D eigenvalue weighted by atomic mass is 32.2. The van der Waals surface area contributed by atoms with Crippen LogP contribution >= 0.6 is 0 Å². The Morgan fingerprint density at radius 3 is 2.58 bits per heavy atom. The standard InChI is InChI=1S/C17H14O6S/c1-21-12-6-7-14-15(10-12)22-16(17(14)18)9-11-4-3-5-13(8-11)23-24(2,19)20/h3-10H,1-2H3/b16-9-. The van der Waals surface area contributed by atoms with E-state index in [1.807, 2.05) is 0 Å². The number of allylic oxidation sites excluding steroid dienone is 1. The quantitative estimate of drug-likeness (QED) is 0.625. The van der Waals surface area contributed by atoms with Gasteiger partial charge in [-0.1, -0.05) is 12.1 Å². The molecule has 24 heavy (non-hydrogen) atoms. The molecule has 7 heteroatoms. The molecule has 3 rings (SSSR count). The average Bonchev–Trinajstić information content (AvgIpc) is 2.81. The van der Waals surface area contributed by atoms with E-state index in [1.165, 1.54) is 25.3 Å². The van der Waals surface area contributed by atoms with E-state index in [9.17, 15) is 13.2 Å². The highest BCUT2D eigenvalue weighted by Crippen LogP contribution is 2.34. The number of benzene rings is 2. The first-order valence-electron chi connectivity index (χ1n) is 6.97. The lowest BCUT2D eigenvalue weighted by atomic mass is 10.1. The molecule has 0 unspecified atom stereocenters. The zero-order valence-corrected chi connectivity index (χ0v) is 13.8. The summed E-state index contributed by atoms with van der Waals surface area (Å²) in [6.45, 7) is 0. The zero-order chi connectivity index (χ0) is 17.3. The summed E-state index contributed by atoms with van der Waals surface area (Å²) in [5, 5.41) is 0. The molecule has 0 radical (unpaired) electrons. The minimum absolute atomic E-state index is 0.148. The van der Waals surface area contributed by atoms with E-state index in [4.69, 9.17) is 13.7 Å². The summed E-state index contributed by atoms with van der Waals surface area (Å²) in [7, 11) is -2.09. The molecule has 0 bridgehead atoms. The average molecular weight is 346 g/mol. The Morgan fingerprint density at radius 1 is 1.08 bits per heavy atom. The number of ether oxygens (including phenoxy) is 2. The maximum absolute atomic E-state index is 12.4. The van der Waals surface area contributed by atoms with E-state index in [1.54, 1.807) is 30.3 Å². The van der Waals surface area contributed by atoms with Gasteiger partial charge in [-0.2, -0.15) is 8.42 Å². The van der Waals surface area contributed by atoms with Gasteiger partial charge in [-0.3, -0.25) is 4.79 Å². The number of carbonyl (C=O) groups is 1. The smallest absolute Gasteiger partial charge is 0.306 e. The number of hydrogen-bond acceptors (Lipinski definition) is 6. The van der Waals surface area contributed by atoms with Crippen molar-refractivity contribution in [2.24, 2.45) is 0 Å². The number of methoxy groups -OCH3 is 1. The van der Waals surface area contributed by atoms with Gasteiger partial charge in [-0.15, -0.1) is 0 Å². The fourth-order valence-corrected chi connectivity index (χ4v) is 2.73. The van der Waals surface area contributed by atoms with Crippen LogP contribution in [0.5, 0.6) is 17.2 Å². The molecule has 0 aliphatic carbocycles. The van der Waals surface area contributed by atoms with E-state index in [0.717, 1.165) is 6.26 Å². The van der Waals surface area contributed by atoms with E-state index in [0.29, 0.717) is 22.6 Å². The summed E-state index contributed by atoms with van der Waals surface area (Å²) < 4.78 is 37.9. The van der Waals surface area contributed by atoms with Crippen LogP contribution < -0.4 is 13.7 Å². The van der Waals surface area contributed by atoms with Crippen molar-refractivity contribution in [1.29, 1.82) is 0 Å². The molecule has 0 saturated carbocycles. The molecule has 0 aromatic heterocycles. The maximum atomic E-state index is 12.4. The van der Waals surface area contributed by atoms with Crippen molar-refractivity contribution in [3.63, 3.8) is 0 Å². The normalized spacial score (nSPS) is 15.1. The van der Waals surface area contributed by atoms with Crippen LogP contribution in [0.25, 0.3) is 6.08 Å². The molecule has 2 aromatic carbocycles. The summed E-state index contributed by atoms with van der Waals surface area (Å²) in [6.07, 6.45) is 2.50. The van der Waals surface area contributed by atoms with Gasteiger partial charge in [0.1, 0.15) is 17.2 Å². The van der Waals surface area contributed by atoms with Gasteiger partial charge < -0.3 is 13.7 Å². The Hall–Kier alpha value is -2.80. The second-order valence-electron chi connectivity index (χ2n) is 5.16. The molecule has 0 fully saturated rings. The SMILES string of the molecule is COc1ccc2c(c1)O/C(=C\c1cccc(OS(C)(=O)=O)c1)C2=O. The van der Waals surface area contributed by atoms with Crippen LogP contribution in [-0.2, 0) is 10.1 Å². The van der Waals surface area contributed by atoms with Gasteiger partial charge >= 0.3 is 10.1 Å². The Bertz CT molecular complexity index is 943. The number of ketones is 1. The van der Waals surface area contributed by atoms with Crippen molar-refractivity contribution < 1.29 is 26.9 Å². The summed E-state index contributed by atoms with van der Waals surface area (Å²) in [5.41, 5.74) is 1.03. The molecule has 1 aliphatic rings. The molecule has 0 amide bonds. The molecule has 124 valence electrons. The second-order valence-corrected chi connectivity index (χ2v) is 6.74. The predicted octanol–water partition coefficient (Wildman–Crippen LogP) is 2.65. The summed E-state index contributed by atoms with van der Waals surface area (Å²) >= 11 is 0. The minimum atomic E-state index is -3.62. The lowest BCUT2D eigenvalue weighted by Crippen LogP contribution is -2.05. The van der Waals surface area contributed by atoms with Crippen molar-refractivity contribution in [1.82, 2.24) is 0 Å². The van der Waals surface area contributed by atoms with Gasteiger partial charge in [-0.25, -0.2) is 0 Å². The molecule has 0 N–H and O–H groups in total. The van der Waals surface area contributed by atoms with Crippen LogP contribution in [0.1, 0.15) is 15.9 Å². The molecule has 2 aromatic rings. The maximum Gasteiger partial charge on any atom is 0.306 e. The van der Waals surface area contributed by atoms with E-state index < -0.39 is 10.1 Å². The van der Waals surface area contributed by atoms with Crippen molar-refractivity contribution >= 4 is 22.0 Å². The third-order valence-electron chi connectivity index (χ3n) is 3.28. The van der Waals surface area contributed by atoms with Gasteiger partial charge in [0.25, 0.3) is 0 Å². The fraction of sp³-hybridized carbons (Fsp3) is 0.118. The zero-order valence-electron chi connectivity index (χ0n) is 13.0. The van der Waals surface area contributed by atoms with Gasteiger partial charge in [-0.05, 0) is 35.9 Å². The number of rotatable bonds is 4. The van der Waals surface area contributed by atoms with Crippen molar-refractivity contribution in [3.8, 4) is 17.2 Å². The van der Waals surface area contributed by atoms with Gasteiger partial charge in [0.15, 0.2) is 5.76 Å². The topological polar surface area (TPSA) is 78.9 Å². The first kappa shape index (κ1) is 16.1. The number of Topliss-reactive ketones (excluding diaryl/α,β-unsaturated/α-hetero) is 1. The molecule has 6 nitrogen and oxygen atoms in total. The van der Waals surface area contributed by atoms with Crippen LogP contribution in [0, 0.1) is 0 Å². The van der Waals surface area contributed by atoms with Gasteiger partial charge in [0, 0.05) is 6.07 Å². The Kier molecular flexibility index (Phi) is 4.02. The van der Waals surface area contributed by atoms with Crippen LogP contribution in [0.2, 0.25) is 0 Å². The minimum Gasteiger partial charge on any atom is -0.497 e. The summed E-state index contributed by atoms with van der Waals surface area (Å²) in [4.78, 5) is 12.4. The van der Waals surface area contributed by atoms with Gasteiger partial charge in [0.05, 0.1) is 18.9 Å². The summed E-state index contributed by atoms with van der Waals surface area (Å²) in [5.74, 6) is 1.08. The molecular formula is C17H14O6S. The molecule has 0 saturated heterocycles. The number of carbonyl (C=O) groups excluding carboxylic acids is 1. The first-order chi connectivity index (χ1) is 11.4. The molecular weight excluding hydrogens is 332 g/mol. The fourth-order valence-electron chi connectivity index (χ4n) is 2.28. The second kappa shape index (κ2) is 6.01. The Morgan fingerprint density at radius 2 is 1.88 bits per heavy atom. The van der Waals surface area contributed by atoms with E-state index >= 15 is 0 Å². The van der Waals surface area contributed by atoms with Gasteiger partial charge in [0.2, 0.25) is 5.78 Å². The van der Waals surface area contributed by atoms with E-state index in [-0.39, 0.29) is 17.3 Å². The lowest BCUT2D eigenvalue weighted by Gasteiger charge is -2.04. The lowest BCUT2D eigenvalue weighted by molar-refractivity contribution is 0.101. The number of fused-ring (bicyclic) bond motifs is 1. The molecule has 0 spiro atoms. The van der Waals surface area contributed by atoms with E-state index in [2.05, 4.69) is 0 Å². The molecule has 0 atom stereocenters. The summed E-state index contributed by atoms with van der Waals surface area (Å²) in [6, 6.07) is 11.3. The highest BCUT2D eigenvalue weighted by Gasteiger charge is 2.27. The Labute approximate surface area is 139 Å². The van der Waals surface area contributed by atoms with Crippen molar-refractivity contribution in [2.75, 3.05) is 13.4 Å². The van der Waals surface area contributed by atoms with Crippen molar-refractivity contribution in [2.45, 2.75) is 0 Å². The predicted molar refractivity (Wildman–Crippen MR) is 87.8 cm³/mol. The largest absolute Gasteiger partial charge is 0.497 e. The van der Waals surface area contributed by atoms with Crippen molar-refractivity contribution in [3.05, 3.63) is 59.4 Å². The Balaban J connectivity index is 1.90. The first-order valence-corrected chi connectivity index (χ1v) is 8.79.